The van der Waals surface area contributed by atoms with E-state index in [-0.39, 0.29) is 6.04 Å². The molecule has 1 atom stereocenters. The van der Waals surface area contributed by atoms with Crippen molar-refractivity contribution < 1.29 is 8.42 Å². The molecule has 2 rings (SSSR count). The van der Waals surface area contributed by atoms with Gasteiger partial charge in [-0.15, -0.1) is 0 Å². The topological polar surface area (TPSA) is 63.4 Å². The minimum atomic E-state index is -3.48. The highest BCUT2D eigenvalue weighted by atomic mass is 32.2. The first-order valence-corrected chi connectivity index (χ1v) is 9.32. The van der Waals surface area contributed by atoms with Crippen molar-refractivity contribution in [3.05, 3.63) is 22.8 Å². The third-order valence-corrected chi connectivity index (χ3v) is 7.43. The summed E-state index contributed by atoms with van der Waals surface area (Å²) in [7, 11) is -3.48. The van der Waals surface area contributed by atoms with Crippen molar-refractivity contribution >= 4 is 27.5 Å². The van der Waals surface area contributed by atoms with Crippen LogP contribution in [0.5, 0.6) is 0 Å². The van der Waals surface area contributed by atoms with Crippen LogP contribution in [-0.4, -0.2) is 36.8 Å². The predicted octanol–water partition coefficient (Wildman–Crippen LogP) is 2.32. The van der Waals surface area contributed by atoms with Gasteiger partial charge in [-0.25, -0.2) is 8.42 Å². The Balaban J connectivity index is 2.60. The van der Waals surface area contributed by atoms with E-state index in [0.717, 1.165) is 22.6 Å². The van der Waals surface area contributed by atoms with Crippen molar-refractivity contribution in [3.63, 3.8) is 0 Å². The maximum atomic E-state index is 13.0. The van der Waals surface area contributed by atoms with Crippen molar-refractivity contribution in [2.24, 2.45) is 0 Å². The van der Waals surface area contributed by atoms with Gasteiger partial charge in [-0.05, 0) is 50.5 Å². The summed E-state index contributed by atoms with van der Waals surface area (Å²) in [6.45, 7) is 8.09. The van der Waals surface area contributed by atoms with Crippen LogP contribution in [0.1, 0.15) is 23.6 Å². The molecule has 0 aromatic heterocycles. The molecule has 1 fully saturated rings. The fourth-order valence-corrected chi connectivity index (χ4v) is 6.01. The summed E-state index contributed by atoms with van der Waals surface area (Å²) in [5.74, 6) is 1.70. The largest absolute Gasteiger partial charge is 0.398 e. The van der Waals surface area contributed by atoms with Crippen LogP contribution in [-0.2, 0) is 10.0 Å². The number of aryl methyl sites for hydroxylation is 1. The minimum Gasteiger partial charge on any atom is -0.398 e. The number of hydrogen-bond donors (Lipinski definition) is 1. The molecule has 4 nitrogen and oxygen atoms in total. The van der Waals surface area contributed by atoms with Crippen LogP contribution in [0.4, 0.5) is 5.69 Å². The zero-order valence-electron chi connectivity index (χ0n) is 12.4. The predicted molar refractivity (Wildman–Crippen MR) is 85.7 cm³/mol. The monoisotopic (exact) mass is 314 g/mol. The molecular formula is C14H22N2O2S2. The normalized spacial score (nSPS) is 21.1. The van der Waals surface area contributed by atoms with Crippen molar-refractivity contribution in [1.82, 2.24) is 4.31 Å². The van der Waals surface area contributed by atoms with E-state index in [0.29, 0.717) is 22.7 Å². The number of benzene rings is 1. The van der Waals surface area contributed by atoms with E-state index in [1.807, 2.05) is 26.8 Å². The van der Waals surface area contributed by atoms with E-state index in [9.17, 15) is 8.42 Å². The zero-order chi connectivity index (χ0) is 15.1. The van der Waals surface area contributed by atoms with E-state index in [4.69, 9.17) is 5.73 Å². The molecule has 1 saturated heterocycles. The average molecular weight is 314 g/mol. The molecular weight excluding hydrogens is 292 g/mol. The van der Waals surface area contributed by atoms with Crippen LogP contribution in [0.2, 0.25) is 0 Å². The average Bonchev–Trinajstić information content (AvgIpc) is 2.36. The minimum absolute atomic E-state index is 0.0271. The van der Waals surface area contributed by atoms with Gasteiger partial charge in [-0.2, -0.15) is 16.1 Å². The molecule has 20 heavy (non-hydrogen) atoms. The molecule has 0 aliphatic carbocycles. The number of anilines is 1. The summed E-state index contributed by atoms with van der Waals surface area (Å²) >= 11 is 1.80. The van der Waals surface area contributed by atoms with Gasteiger partial charge >= 0.3 is 0 Å². The van der Waals surface area contributed by atoms with Gasteiger partial charge in [0.2, 0.25) is 10.0 Å². The van der Waals surface area contributed by atoms with E-state index < -0.39 is 10.0 Å². The van der Waals surface area contributed by atoms with E-state index in [2.05, 4.69) is 0 Å². The summed E-state index contributed by atoms with van der Waals surface area (Å²) < 4.78 is 27.6. The van der Waals surface area contributed by atoms with Gasteiger partial charge in [0, 0.05) is 29.8 Å². The van der Waals surface area contributed by atoms with E-state index in [1.54, 1.807) is 23.0 Å². The van der Waals surface area contributed by atoms with Crippen LogP contribution in [0, 0.1) is 20.8 Å². The molecule has 0 bridgehead atoms. The Morgan fingerprint density at radius 2 is 1.95 bits per heavy atom. The van der Waals surface area contributed by atoms with Gasteiger partial charge < -0.3 is 5.73 Å². The third kappa shape index (κ3) is 2.56. The molecule has 1 aromatic carbocycles. The molecule has 1 aromatic rings. The molecule has 2 N–H and O–H groups in total. The molecule has 6 heteroatoms. The Labute approximate surface area is 125 Å². The van der Waals surface area contributed by atoms with Crippen LogP contribution < -0.4 is 5.73 Å². The lowest BCUT2D eigenvalue weighted by atomic mass is 10.1. The fourth-order valence-electron chi connectivity index (χ4n) is 2.61. The SMILES string of the molecule is Cc1cc(N)c(C)c(S(=O)(=O)N2CCSCC2C)c1C. The highest BCUT2D eigenvalue weighted by molar-refractivity contribution is 7.99. The summed E-state index contributed by atoms with van der Waals surface area (Å²) in [5.41, 5.74) is 8.91. The lowest BCUT2D eigenvalue weighted by Crippen LogP contribution is -2.44. The second-order valence-corrected chi connectivity index (χ2v) is 8.38. The third-order valence-electron chi connectivity index (χ3n) is 3.95. The Bertz CT molecular complexity index is 600. The van der Waals surface area contributed by atoms with Crippen LogP contribution >= 0.6 is 11.8 Å². The molecule has 0 radical (unpaired) electrons. The number of nitrogens with zero attached hydrogens (tertiary/aromatic N) is 1. The van der Waals surface area contributed by atoms with Crippen molar-refractivity contribution in [1.29, 1.82) is 0 Å². The lowest BCUT2D eigenvalue weighted by molar-refractivity contribution is 0.367. The van der Waals surface area contributed by atoms with Gasteiger partial charge in [-0.1, -0.05) is 0 Å². The molecule has 0 spiro atoms. The Morgan fingerprint density at radius 3 is 2.55 bits per heavy atom. The van der Waals surface area contributed by atoms with Crippen molar-refractivity contribution in [2.75, 3.05) is 23.8 Å². The van der Waals surface area contributed by atoms with Crippen LogP contribution in [0.15, 0.2) is 11.0 Å². The molecule has 1 aliphatic heterocycles. The van der Waals surface area contributed by atoms with E-state index >= 15 is 0 Å². The van der Waals surface area contributed by atoms with Crippen LogP contribution in [0.3, 0.4) is 0 Å². The highest BCUT2D eigenvalue weighted by Gasteiger charge is 2.34. The number of nitrogen functional groups attached to an aromatic ring is 1. The Morgan fingerprint density at radius 1 is 1.30 bits per heavy atom. The fraction of sp³-hybridized carbons (Fsp3) is 0.571. The quantitative estimate of drug-likeness (QED) is 0.851. The molecule has 0 saturated carbocycles. The molecule has 1 heterocycles. The standard InChI is InChI=1S/C14H22N2O2S2/c1-9-7-13(15)12(4)14(11(9)3)20(17,18)16-5-6-19-8-10(16)2/h7,10H,5-6,8,15H2,1-4H3. The molecule has 0 amide bonds. The summed E-state index contributed by atoms with van der Waals surface area (Å²) in [6, 6.07) is 1.87. The molecule has 1 aliphatic rings. The molecule has 1 unspecified atom stereocenters. The van der Waals surface area contributed by atoms with Gasteiger partial charge in [0.25, 0.3) is 0 Å². The van der Waals surface area contributed by atoms with Gasteiger partial charge in [0.1, 0.15) is 0 Å². The van der Waals surface area contributed by atoms with Gasteiger partial charge in [0.05, 0.1) is 4.90 Å². The van der Waals surface area contributed by atoms with E-state index in [1.165, 1.54) is 0 Å². The first-order chi connectivity index (χ1) is 9.26. The summed E-state index contributed by atoms with van der Waals surface area (Å²) in [6.07, 6.45) is 0. The second-order valence-electron chi connectivity index (χ2n) is 5.40. The highest BCUT2D eigenvalue weighted by Crippen LogP contribution is 2.32. The lowest BCUT2D eigenvalue weighted by Gasteiger charge is -2.33. The number of thioether (sulfide) groups is 1. The number of hydrogen-bond acceptors (Lipinski definition) is 4. The van der Waals surface area contributed by atoms with Crippen molar-refractivity contribution in [3.8, 4) is 0 Å². The number of nitrogens with two attached hydrogens (primary N) is 1. The maximum Gasteiger partial charge on any atom is 0.243 e. The second kappa shape index (κ2) is 5.58. The molecule has 112 valence electrons. The summed E-state index contributed by atoms with van der Waals surface area (Å²) in [5, 5.41) is 0. The smallest absolute Gasteiger partial charge is 0.243 e. The maximum absolute atomic E-state index is 13.0. The number of sulfonamides is 1. The van der Waals surface area contributed by atoms with Crippen molar-refractivity contribution in [2.45, 2.75) is 38.6 Å². The first kappa shape index (κ1) is 15.7. The Kier molecular flexibility index (Phi) is 4.37. The van der Waals surface area contributed by atoms with Gasteiger partial charge in [-0.3, -0.25) is 0 Å². The van der Waals surface area contributed by atoms with Crippen LogP contribution in [0.25, 0.3) is 0 Å². The Hall–Kier alpha value is -0.720. The first-order valence-electron chi connectivity index (χ1n) is 6.72. The zero-order valence-corrected chi connectivity index (χ0v) is 14.1. The summed E-state index contributed by atoms with van der Waals surface area (Å²) in [4.78, 5) is 0.397. The van der Waals surface area contributed by atoms with Gasteiger partial charge in [0.15, 0.2) is 0 Å². The number of rotatable bonds is 2.